The molecule has 0 aliphatic carbocycles. The number of morpholine rings is 1. The van der Waals surface area contributed by atoms with Gasteiger partial charge in [0.25, 0.3) is 0 Å². The lowest BCUT2D eigenvalue weighted by molar-refractivity contribution is 0.0408. The first-order chi connectivity index (χ1) is 13.1. The molecule has 2 aromatic heterocycles. The molecule has 1 atom stereocenters. The molecular formula is C20H26N4O3. The monoisotopic (exact) mass is 370 g/mol. The molecule has 2 fully saturated rings. The van der Waals surface area contributed by atoms with Gasteiger partial charge in [-0.25, -0.2) is 4.79 Å². The Bertz CT molecular complexity index is 794. The van der Waals surface area contributed by atoms with E-state index in [1.165, 1.54) is 0 Å². The average molecular weight is 370 g/mol. The van der Waals surface area contributed by atoms with Crippen molar-refractivity contribution in [3.63, 3.8) is 0 Å². The summed E-state index contributed by atoms with van der Waals surface area (Å²) in [5.41, 5.74) is 3.74. The van der Waals surface area contributed by atoms with Crippen molar-refractivity contribution in [2.75, 3.05) is 39.4 Å². The summed E-state index contributed by atoms with van der Waals surface area (Å²) in [4.78, 5) is 21.6. The van der Waals surface area contributed by atoms with Gasteiger partial charge < -0.3 is 19.1 Å². The maximum Gasteiger partial charge on any atom is 0.320 e. The number of aromatic nitrogens is 2. The number of carbonyl (C=O) groups is 1. The highest BCUT2D eigenvalue weighted by molar-refractivity contribution is 5.74. The number of ether oxygens (including phenoxy) is 1. The van der Waals surface area contributed by atoms with E-state index in [4.69, 9.17) is 14.2 Å². The number of urea groups is 1. The molecule has 2 aromatic rings. The molecule has 0 bridgehead atoms. The first kappa shape index (κ1) is 18.0. The van der Waals surface area contributed by atoms with Gasteiger partial charge in [-0.15, -0.1) is 0 Å². The number of amides is 2. The van der Waals surface area contributed by atoms with Crippen LogP contribution in [0.2, 0.25) is 0 Å². The zero-order valence-corrected chi connectivity index (χ0v) is 16.0. The zero-order valence-electron chi connectivity index (χ0n) is 16.0. The minimum Gasteiger partial charge on any atom is -0.378 e. The van der Waals surface area contributed by atoms with Gasteiger partial charge >= 0.3 is 6.03 Å². The first-order valence-electron chi connectivity index (χ1n) is 9.65. The van der Waals surface area contributed by atoms with Gasteiger partial charge in [0.2, 0.25) is 0 Å². The summed E-state index contributed by atoms with van der Waals surface area (Å²) >= 11 is 0. The fourth-order valence-electron chi connectivity index (χ4n) is 4.01. The molecule has 27 heavy (non-hydrogen) atoms. The fourth-order valence-corrected chi connectivity index (χ4v) is 4.01. The average Bonchev–Trinajstić information content (AvgIpc) is 3.06. The predicted molar refractivity (Wildman–Crippen MR) is 101 cm³/mol. The number of rotatable bonds is 2. The lowest BCUT2D eigenvalue weighted by Crippen LogP contribution is -2.50. The summed E-state index contributed by atoms with van der Waals surface area (Å²) in [5, 5.41) is 4.04. The Hall–Kier alpha value is -2.41. The van der Waals surface area contributed by atoms with Crippen LogP contribution in [0.3, 0.4) is 0 Å². The molecule has 2 aliphatic rings. The van der Waals surface area contributed by atoms with Gasteiger partial charge in [0.15, 0.2) is 0 Å². The Morgan fingerprint density at radius 3 is 2.70 bits per heavy atom. The van der Waals surface area contributed by atoms with Crippen LogP contribution in [0.5, 0.6) is 0 Å². The summed E-state index contributed by atoms with van der Waals surface area (Å²) in [7, 11) is 0. The molecular weight excluding hydrogens is 344 g/mol. The smallest absolute Gasteiger partial charge is 0.320 e. The fraction of sp³-hybridized carbons (Fsp3) is 0.550. The van der Waals surface area contributed by atoms with E-state index < -0.39 is 0 Å². The molecule has 0 unspecified atom stereocenters. The lowest BCUT2D eigenvalue weighted by Gasteiger charge is -2.37. The van der Waals surface area contributed by atoms with E-state index in [-0.39, 0.29) is 11.9 Å². The Kier molecular flexibility index (Phi) is 5.11. The quantitative estimate of drug-likeness (QED) is 0.813. The Balaban J connectivity index is 1.51. The third-order valence-electron chi connectivity index (χ3n) is 5.45. The predicted octanol–water partition coefficient (Wildman–Crippen LogP) is 2.99. The van der Waals surface area contributed by atoms with Gasteiger partial charge in [-0.2, -0.15) is 0 Å². The molecule has 0 saturated carbocycles. The number of nitrogens with zero attached hydrogens (tertiary/aromatic N) is 4. The number of hydrogen-bond donors (Lipinski definition) is 0. The molecule has 0 aromatic carbocycles. The van der Waals surface area contributed by atoms with Crippen LogP contribution in [0.25, 0.3) is 11.3 Å². The Morgan fingerprint density at radius 1 is 1.15 bits per heavy atom. The summed E-state index contributed by atoms with van der Waals surface area (Å²) in [6.07, 6.45) is 2.04. The lowest BCUT2D eigenvalue weighted by atomic mass is 9.94. The second-order valence-electron chi connectivity index (χ2n) is 7.31. The van der Waals surface area contributed by atoms with Gasteiger partial charge in [-0.3, -0.25) is 4.98 Å². The normalized spacial score (nSPS) is 20.7. The van der Waals surface area contributed by atoms with Crippen LogP contribution in [0, 0.1) is 13.8 Å². The molecule has 7 nitrogen and oxygen atoms in total. The molecule has 0 radical (unpaired) electrons. The third kappa shape index (κ3) is 3.69. The number of pyridine rings is 1. The van der Waals surface area contributed by atoms with E-state index in [1.807, 2.05) is 35.8 Å². The second kappa shape index (κ2) is 7.68. The number of piperidine rings is 1. The molecule has 2 amide bonds. The second-order valence-corrected chi connectivity index (χ2v) is 7.31. The van der Waals surface area contributed by atoms with E-state index in [0.717, 1.165) is 47.8 Å². The highest BCUT2D eigenvalue weighted by Gasteiger charge is 2.29. The van der Waals surface area contributed by atoms with Crippen LogP contribution in [0.4, 0.5) is 4.79 Å². The number of hydrogen-bond acceptors (Lipinski definition) is 5. The summed E-state index contributed by atoms with van der Waals surface area (Å²) in [6, 6.07) is 6.22. The number of likely N-dealkylation sites (tertiary alicyclic amines) is 1. The Morgan fingerprint density at radius 2 is 1.96 bits per heavy atom. The zero-order chi connectivity index (χ0) is 18.8. The molecule has 2 saturated heterocycles. The van der Waals surface area contributed by atoms with Gasteiger partial charge in [-0.1, -0.05) is 11.2 Å². The van der Waals surface area contributed by atoms with Crippen molar-refractivity contribution in [2.24, 2.45) is 0 Å². The van der Waals surface area contributed by atoms with Crippen LogP contribution in [-0.4, -0.2) is 65.4 Å². The van der Waals surface area contributed by atoms with E-state index in [1.54, 1.807) is 0 Å². The standard InChI is InChI=1S/C20H26N4O3/c1-14-19(15(2)27-22-14)18-7-3-6-17(21-18)16-5-4-8-24(13-16)20(25)23-9-11-26-12-10-23/h3,6-7,16H,4-5,8-13H2,1-2H3/t16-/m0/s1. The molecule has 0 N–H and O–H groups in total. The first-order valence-corrected chi connectivity index (χ1v) is 9.65. The van der Waals surface area contributed by atoms with Crippen LogP contribution in [0.1, 0.15) is 35.9 Å². The van der Waals surface area contributed by atoms with Crippen molar-refractivity contribution in [3.8, 4) is 11.3 Å². The van der Waals surface area contributed by atoms with Crippen molar-refractivity contribution in [1.29, 1.82) is 0 Å². The topological polar surface area (TPSA) is 71.7 Å². The van der Waals surface area contributed by atoms with Crippen LogP contribution >= 0.6 is 0 Å². The highest BCUT2D eigenvalue weighted by Crippen LogP contribution is 2.30. The maximum atomic E-state index is 12.8. The van der Waals surface area contributed by atoms with Crippen molar-refractivity contribution in [3.05, 3.63) is 35.3 Å². The molecule has 0 spiro atoms. The van der Waals surface area contributed by atoms with Crippen molar-refractivity contribution >= 4 is 6.03 Å². The Labute approximate surface area is 159 Å². The van der Waals surface area contributed by atoms with Crippen LogP contribution < -0.4 is 0 Å². The largest absolute Gasteiger partial charge is 0.378 e. The molecule has 144 valence electrons. The molecule has 4 heterocycles. The molecule has 2 aliphatic heterocycles. The minimum atomic E-state index is 0.130. The van der Waals surface area contributed by atoms with Gasteiger partial charge in [0, 0.05) is 37.8 Å². The minimum absolute atomic E-state index is 0.130. The van der Waals surface area contributed by atoms with E-state index in [2.05, 4.69) is 11.2 Å². The molecule has 7 heteroatoms. The van der Waals surface area contributed by atoms with Gasteiger partial charge in [-0.05, 0) is 38.8 Å². The van der Waals surface area contributed by atoms with Crippen LogP contribution in [0.15, 0.2) is 22.7 Å². The van der Waals surface area contributed by atoms with Crippen molar-refractivity contribution in [2.45, 2.75) is 32.6 Å². The van der Waals surface area contributed by atoms with Crippen LogP contribution in [-0.2, 0) is 4.74 Å². The van der Waals surface area contributed by atoms with E-state index in [9.17, 15) is 4.79 Å². The van der Waals surface area contributed by atoms with E-state index >= 15 is 0 Å². The SMILES string of the molecule is Cc1noc(C)c1-c1cccc([C@H]2CCCN(C(=O)N3CCOCC3)C2)n1. The van der Waals surface area contributed by atoms with Crippen molar-refractivity contribution in [1.82, 2.24) is 19.9 Å². The summed E-state index contributed by atoms with van der Waals surface area (Å²) in [6.45, 7) is 7.99. The van der Waals surface area contributed by atoms with E-state index in [0.29, 0.717) is 32.8 Å². The third-order valence-corrected chi connectivity index (χ3v) is 5.45. The van der Waals surface area contributed by atoms with Gasteiger partial charge in [0.05, 0.1) is 30.2 Å². The molecule has 4 rings (SSSR count). The highest BCUT2D eigenvalue weighted by atomic mass is 16.5. The number of aryl methyl sites for hydroxylation is 2. The maximum absolute atomic E-state index is 12.8. The summed E-state index contributed by atoms with van der Waals surface area (Å²) < 4.78 is 10.7. The number of carbonyl (C=O) groups excluding carboxylic acids is 1. The van der Waals surface area contributed by atoms with Gasteiger partial charge in [0.1, 0.15) is 5.76 Å². The van der Waals surface area contributed by atoms with Crippen molar-refractivity contribution < 1.29 is 14.1 Å². The summed E-state index contributed by atoms with van der Waals surface area (Å²) in [5.74, 6) is 1.04.